The van der Waals surface area contributed by atoms with Crippen LogP contribution in [0.25, 0.3) is 0 Å². The van der Waals surface area contributed by atoms with Crippen molar-refractivity contribution < 1.29 is 9.47 Å². The Labute approximate surface area is 123 Å². The van der Waals surface area contributed by atoms with E-state index in [-0.39, 0.29) is 5.60 Å². The van der Waals surface area contributed by atoms with E-state index >= 15 is 0 Å². The summed E-state index contributed by atoms with van der Waals surface area (Å²) in [4.78, 5) is 0. The van der Waals surface area contributed by atoms with Gasteiger partial charge in [0.25, 0.3) is 0 Å². The van der Waals surface area contributed by atoms with Crippen molar-refractivity contribution in [3.05, 3.63) is 0 Å². The predicted octanol–water partition coefficient (Wildman–Crippen LogP) is 3.27. The van der Waals surface area contributed by atoms with Crippen molar-refractivity contribution in [2.45, 2.75) is 82.5 Å². The zero-order chi connectivity index (χ0) is 13.8. The zero-order valence-corrected chi connectivity index (χ0v) is 13.0. The molecule has 3 fully saturated rings. The van der Waals surface area contributed by atoms with Crippen LogP contribution < -0.4 is 5.32 Å². The summed E-state index contributed by atoms with van der Waals surface area (Å²) in [5.74, 6) is 0.786. The van der Waals surface area contributed by atoms with Gasteiger partial charge in [0.1, 0.15) is 0 Å². The summed E-state index contributed by atoms with van der Waals surface area (Å²) in [6.07, 6.45) is 12.2. The fourth-order valence-electron chi connectivity index (χ4n) is 4.30. The quantitative estimate of drug-likeness (QED) is 0.858. The molecule has 20 heavy (non-hydrogen) atoms. The molecule has 0 amide bonds. The van der Waals surface area contributed by atoms with E-state index in [2.05, 4.69) is 12.2 Å². The van der Waals surface area contributed by atoms with E-state index in [1.54, 1.807) is 0 Å². The van der Waals surface area contributed by atoms with Crippen molar-refractivity contribution in [3.8, 4) is 0 Å². The molecule has 2 saturated heterocycles. The van der Waals surface area contributed by atoms with Crippen molar-refractivity contribution in [2.75, 3.05) is 19.8 Å². The SMILES string of the molecule is CC(NCC1CCC2(CCCCC2)O1)C1CCOCC1. The molecule has 1 aliphatic carbocycles. The summed E-state index contributed by atoms with van der Waals surface area (Å²) < 4.78 is 11.9. The standard InChI is InChI=1S/C17H31NO2/c1-14(15-6-11-19-12-7-15)18-13-16-5-10-17(20-16)8-3-2-4-9-17/h14-16,18H,2-13H2,1H3. The van der Waals surface area contributed by atoms with Gasteiger partial charge >= 0.3 is 0 Å². The highest BCUT2D eigenvalue weighted by Crippen LogP contribution is 2.41. The monoisotopic (exact) mass is 281 g/mol. The normalized spacial score (nSPS) is 32.5. The van der Waals surface area contributed by atoms with Gasteiger partial charge in [-0.2, -0.15) is 0 Å². The van der Waals surface area contributed by atoms with Gasteiger partial charge in [0, 0.05) is 25.8 Å². The lowest BCUT2D eigenvalue weighted by atomic mass is 9.83. The van der Waals surface area contributed by atoms with Crippen LogP contribution in [0.2, 0.25) is 0 Å². The summed E-state index contributed by atoms with van der Waals surface area (Å²) in [5.41, 5.74) is 0.270. The topological polar surface area (TPSA) is 30.5 Å². The van der Waals surface area contributed by atoms with E-state index in [0.29, 0.717) is 12.1 Å². The largest absolute Gasteiger partial charge is 0.381 e. The zero-order valence-electron chi connectivity index (χ0n) is 13.0. The van der Waals surface area contributed by atoms with E-state index in [9.17, 15) is 0 Å². The van der Waals surface area contributed by atoms with Crippen molar-refractivity contribution in [1.82, 2.24) is 5.32 Å². The Hall–Kier alpha value is -0.120. The van der Waals surface area contributed by atoms with Crippen LogP contribution in [0, 0.1) is 5.92 Å². The van der Waals surface area contributed by atoms with Crippen LogP contribution in [0.4, 0.5) is 0 Å². The molecular weight excluding hydrogens is 250 g/mol. The molecule has 2 aliphatic heterocycles. The molecule has 2 heterocycles. The Morgan fingerprint density at radius 2 is 1.80 bits per heavy atom. The summed E-state index contributed by atoms with van der Waals surface area (Å²) in [7, 11) is 0. The van der Waals surface area contributed by atoms with Gasteiger partial charge in [0.15, 0.2) is 0 Å². The van der Waals surface area contributed by atoms with Gasteiger partial charge in [-0.25, -0.2) is 0 Å². The number of rotatable bonds is 4. The molecule has 0 bridgehead atoms. The van der Waals surface area contributed by atoms with Crippen molar-refractivity contribution in [2.24, 2.45) is 5.92 Å². The third-order valence-electron chi connectivity index (χ3n) is 5.74. The third kappa shape index (κ3) is 3.55. The Bertz CT molecular complexity index is 295. The summed E-state index contributed by atoms with van der Waals surface area (Å²) in [6.45, 7) is 5.26. The first-order valence-corrected chi connectivity index (χ1v) is 8.76. The first-order valence-electron chi connectivity index (χ1n) is 8.76. The van der Waals surface area contributed by atoms with Gasteiger partial charge in [-0.05, 0) is 51.4 Å². The predicted molar refractivity (Wildman–Crippen MR) is 80.9 cm³/mol. The van der Waals surface area contributed by atoms with Gasteiger partial charge in [-0.3, -0.25) is 0 Å². The van der Waals surface area contributed by atoms with E-state index in [4.69, 9.17) is 9.47 Å². The van der Waals surface area contributed by atoms with E-state index in [1.807, 2.05) is 0 Å². The summed E-state index contributed by atoms with van der Waals surface area (Å²) in [6, 6.07) is 0.602. The molecule has 2 atom stereocenters. The lowest BCUT2D eigenvalue weighted by molar-refractivity contribution is -0.0635. The van der Waals surface area contributed by atoms with E-state index in [1.165, 1.54) is 57.8 Å². The number of nitrogens with one attached hydrogen (secondary N) is 1. The molecule has 3 heteroatoms. The van der Waals surface area contributed by atoms with Gasteiger partial charge in [0.2, 0.25) is 0 Å². The molecule has 1 N–H and O–H groups in total. The summed E-state index contributed by atoms with van der Waals surface area (Å²) >= 11 is 0. The lowest BCUT2D eigenvalue weighted by Crippen LogP contribution is -2.41. The Kier molecular flexibility index (Phi) is 5.00. The Morgan fingerprint density at radius 1 is 1.05 bits per heavy atom. The molecule has 0 radical (unpaired) electrons. The molecule has 1 spiro atoms. The molecule has 0 aromatic heterocycles. The smallest absolute Gasteiger partial charge is 0.0708 e. The van der Waals surface area contributed by atoms with Gasteiger partial charge in [-0.15, -0.1) is 0 Å². The average Bonchev–Trinajstić information content (AvgIpc) is 2.89. The highest BCUT2D eigenvalue weighted by atomic mass is 16.5. The maximum Gasteiger partial charge on any atom is 0.0708 e. The minimum atomic E-state index is 0.270. The van der Waals surface area contributed by atoms with Crippen LogP contribution in [-0.2, 0) is 9.47 Å². The van der Waals surface area contributed by atoms with Gasteiger partial charge < -0.3 is 14.8 Å². The average molecular weight is 281 g/mol. The molecule has 3 rings (SSSR count). The van der Waals surface area contributed by atoms with Crippen molar-refractivity contribution in [3.63, 3.8) is 0 Å². The van der Waals surface area contributed by atoms with Crippen LogP contribution in [-0.4, -0.2) is 37.5 Å². The number of hydrogen-bond donors (Lipinski definition) is 1. The van der Waals surface area contributed by atoms with Gasteiger partial charge in [0.05, 0.1) is 11.7 Å². The molecule has 3 nitrogen and oxygen atoms in total. The second kappa shape index (κ2) is 6.76. The lowest BCUT2D eigenvalue weighted by Gasteiger charge is -2.34. The minimum Gasteiger partial charge on any atom is -0.381 e. The van der Waals surface area contributed by atoms with Crippen LogP contribution in [0.5, 0.6) is 0 Å². The van der Waals surface area contributed by atoms with Crippen LogP contribution in [0.3, 0.4) is 0 Å². The second-order valence-electron chi connectivity index (χ2n) is 7.17. The first kappa shape index (κ1) is 14.8. The fraction of sp³-hybridized carbons (Fsp3) is 1.00. The highest BCUT2D eigenvalue weighted by molar-refractivity contribution is 4.92. The molecule has 3 aliphatic rings. The van der Waals surface area contributed by atoms with Crippen LogP contribution in [0.1, 0.15) is 64.7 Å². The third-order valence-corrected chi connectivity index (χ3v) is 5.74. The summed E-state index contributed by atoms with van der Waals surface area (Å²) in [5, 5.41) is 3.74. The molecule has 0 aromatic rings. The number of ether oxygens (including phenoxy) is 2. The fourth-order valence-corrected chi connectivity index (χ4v) is 4.30. The molecular formula is C17H31NO2. The Morgan fingerprint density at radius 3 is 2.55 bits per heavy atom. The maximum atomic E-state index is 6.44. The highest BCUT2D eigenvalue weighted by Gasteiger charge is 2.40. The second-order valence-corrected chi connectivity index (χ2v) is 7.17. The Balaban J connectivity index is 1.40. The van der Waals surface area contributed by atoms with Crippen LogP contribution >= 0.6 is 0 Å². The van der Waals surface area contributed by atoms with E-state index in [0.717, 1.165) is 25.7 Å². The molecule has 116 valence electrons. The molecule has 1 saturated carbocycles. The maximum absolute atomic E-state index is 6.44. The van der Waals surface area contributed by atoms with Crippen molar-refractivity contribution >= 4 is 0 Å². The molecule has 2 unspecified atom stereocenters. The van der Waals surface area contributed by atoms with Crippen molar-refractivity contribution in [1.29, 1.82) is 0 Å². The first-order chi connectivity index (χ1) is 9.77. The van der Waals surface area contributed by atoms with E-state index < -0.39 is 0 Å². The minimum absolute atomic E-state index is 0.270. The number of hydrogen-bond acceptors (Lipinski definition) is 3. The van der Waals surface area contributed by atoms with Crippen LogP contribution in [0.15, 0.2) is 0 Å². The van der Waals surface area contributed by atoms with Gasteiger partial charge in [-0.1, -0.05) is 19.3 Å². The molecule has 0 aromatic carbocycles.